The van der Waals surface area contributed by atoms with Crippen LogP contribution in [-0.4, -0.2) is 35.1 Å². The highest BCUT2D eigenvalue weighted by molar-refractivity contribution is 5.87. The molecule has 2 N–H and O–H groups in total. The van der Waals surface area contributed by atoms with Crippen molar-refractivity contribution in [3.63, 3.8) is 0 Å². The van der Waals surface area contributed by atoms with E-state index in [-0.39, 0.29) is 17.0 Å². The van der Waals surface area contributed by atoms with E-state index in [4.69, 9.17) is 10.4 Å². The zero-order valence-electron chi connectivity index (χ0n) is 12.5. The highest BCUT2D eigenvalue weighted by Gasteiger charge is 2.31. The third kappa shape index (κ3) is 3.76. The van der Waals surface area contributed by atoms with Gasteiger partial charge in [0, 0.05) is 19.6 Å². The number of piperidine rings is 1. The predicted octanol–water partition coefficient (Wildman–Crippen LogP) is 2.22. The number of likely N-dealkylation sites (tertiary alicyclic amines) is 1. The topological polar surface area (TPSA) is 93.4 Å². The highest BCUT2D eigenvalue weighted by Crippen LogP contribution is 2.29. The maximum absolute atomic E-state index is 12.1. The number of rotatable bonds is 3. The number of urea groups is 1. The monoisotopic (exact) mass is 301 g/mol. The molecule has 116 valence electrons. The van der Waals surface area contributed by atoms with Gasteiger partial charge < -0.3 is 15.3 Å². The summed E-state index contributed by atoms with van der Waals surface area (Å²) in [6.45, 7) is 3.43. The van der Waals surface area contributed by atoms with E-state index in [1.165, 1.54) is 12.1 Å². The quantitative estimate of drug-likeness (QED) is 0.895. The Labute approximate surface area is 129 Å². The largest absolute Gasteiger partial charge is 0.478 e. The number of nitriles is 1. The first-order valence-corrected chi connectivity index (χ1v) is 7.20. The van der Waals surface area contributed by atoms with Crippen LogP contribution in [0.2, 0.25) is 0 Å². The van der Waals surface area contributed by atoms with E-state index in [1.807, 2.05) is 6.92 Å². The van der Waals surface area contributed by atoms with E-state index in [0.29, 0.717) is 32.5 Å². The molecule has 0 radical (unpaired) electrons. The van der Waals surface area contributed by atoms with E-state index in [2.05, 4.69) is 11.4 Å². The van der Waals surface area contributed by atoms with Crippen molar-refractivity contribution >= 4 is 12.0 Å². The molecule has 1 aromatic rings. The molecule has 6 heteroatoms. The first-order chi connectivity index (χ1) is 10.4. The maximum atomic E-state index is 12.1. The molecule has 1 fully saturated rings. The third-order valence-corrected chi connectivity index (χ3v) is 4.07. The summed E-state index contributed by atoms with van der Waals surface area (Å²) in [7, 11) is 0. The molecule has 1 aromatic carbocycles. The molecule has 0 atom stereocenters. The zero-order valence-corrected chi connectivity index (χ0v) is 12.5. The summed E-state index contributed by atoms with van der Waals surface area (Å²) in [5, 5.41) is 20.7. The van der Waals surface area contributed by atoms with Gasteiger partial charge in [-0.2, -0.15) is 5.26 Å². The molecular formula is C16H19N3O3. The van der Waals surface area contributed by atoms with Gasteiger partial charge in [0.15, 0.2) is 0 Å². The Bertz CT molecular complexity index is 596. The van der Waals surface area contributed by atoms with Crippen molar-refractivity contribution in [3.05, 3.63) is 35.4 Å². The van der Waals surface area contributed by atoms with Crippen LogP contribution in [0.3, 0.4) is 0 Å². The van der Waals surface area contributed by atoms with Crippen molar-refractivity contribution in [1.29, 1.82) is 5.26 Å². The Balaban J connectivity index is 1.83. The number of nitrogens with one attached hydrogen (secondary N) is 1. The number of carbonyl (C=O) groups is 2. The average Bonchev–Trinajstić information content (AvgIpc) is 2.53. The average molecular weight is 301 g/mol. The molecule has 0 aromatic heterocycles. The molecule has 1 aliphatic heterocycles. The molecule has 2 rings (SSSR count). The summed E-state index contributed by atoms with van der Waals surface area (Å²) in [6, 6.07) is 8.56. The minimum absolute atomic E-state index is 0.151. The molecule has 1 heterocycles. The van der Waals surface area contributed by atoms with E-state index in [9.17, 15) is 9.59 Å². The molecule has 1 saturated heterocycles. The fraction of sp³-hybridized carbons (Fsp3) is 0.438. The highest BCUT2D eigenvalue weighted by atomic mass is 16.4. The van der Waals surface area contributed by atoms with Crippen molar-refractivity contribution < 1.29 is 14.7 Å². The standard InChI is InChI=1S/C16H19N3O3/c1-16(11-17)6-8-19(9-7-16)15(22)18-10-12-2-4-13(5-3-12)14(20)21/h2-5H,6-10H2,1H3,(H,18,22)(H,20,21). The molecule has 0 bridgehead atoms. The summed E-state index contributed by atoms with van der Waals surface area (Å²) in [5.41, 5.74) is 0.739. The summed E-state index contributed by atoms with van der Waals surface area (Å²) < 4.78 is 0. The lowest BCUT2D eigenvalue weighted by molar-refractivity contribution is 0.0697. The number of aromatic carboxylic acids is 1. The van der Waals surface area contributed by atoms with Crippen molar-refractivity contribution in [2.45, 2.75) is 26.3 Å². The van der Waals surface area contributed by atoms with E-state index >= 15 is 0 Å². The lowest BCUT2D eigenvalue weighted by Crippen LogP contribution is -2.46. The van der Waals surface area contributed by atoms with Crippen LogP contribution in [0.5, 0.6) is 0 Å². The number of hydrogen-bond acceptors (Lipinski definition) is 3. The van der Waals surface area contributed by atoms with Crippen molar-refractivity contribution in [3.8, 4) is 6.07 Å². The number of carboxylic acid groups (broad SMARTS) is 1. The van der Waals surface area contributed by atoms with Crippen LogP contribution >= 0.6 is 0 Å². The molecule has 6 nitrogen and oxygen atoms in total. The summed E-state index contributed by atoms with van der Waals surface area (Å²) in [6.07, 6.45) is 1.37. The van der Waals surface area contributed by atoms with Crippen molar-refractivity contribution in [1.82, 2.24) is 10.2 Å². The first kappa shape index (κ1) is 15.8. The smallest absolute Gasteiger partial charge is 0.335 e. The van der Waals surface area contributed by atoms with Gasteiger partial charge in [0.2, 0.25) is 0 Å². The van der Waals surface area contributed by atoms with Gasteiger partial charge in [-0.15, -0.1) is 0 Å². The number of nitrogens with zero attached hydrogens (tertiary/aromatic N) is 2. The maximum Gasteiger partial charge on any atom is 0.335 e. The molecule has 0 unspecified atom stereocenters. The molecule has 0 aliphatic carbocycles. The Morgan fingerprint density at radius 1 is 1.32 bits per heavy atom. The van der Waals surface area contributed by atoms with Crippen LogP contribution in [-0.2, 0) is 6.54 Å². The number of amides is 2. The Morgan fingerprint density at radius 3 is 2.41 bits per heavy atom. The van der Waals surface area contributed by atoms with Crippen LogP contribution in [0.4, 0.5) is 4.79 Å². The van der Waals surface area contributed by atoms with Gasteiger partial charge in [0.05, 0.1) is 17.0 Å². The first-order valence-electron chi connectivity index (χ1n) is 7.20. The number of hydrogen-bond donors (Lipinski definition) is 2. The molecule has 0 spiro atoms. The van der Waals surface area contributed by atoms with Gasteiger partial charge in [-0.3, -0.25) is 0 Å². The van der Waals surface area contributed by atoms with Gasteiger partial charge >= 0.3 is 12.0 Å². The Morgan fingerprint density at radius 2 is 1.91 bits per heavy atom. The van der Waals surface area contributed by atoms with E-state index in [1.54, 1.807) is 17.0 Å². The third-order valence-electron chi connectivity index (χ3n) is 4.07. The second-order valence-electron chi connectivity index (χ2n) is 5.82. The predicted molar refractivity (Wildman–Crippen MR) is 80.2 cm³/mol. The second-order valence-corrected chi connectivity index (χ2v) is 5.82. The molecule has 22 heavy (non-hydrogen) atoms. The lowest BCUT2D eigenvalue weighted by Gasteiger charge is -2.34. The number of carboxylic acids is 1. The van der Waals surface area contributed by atoms with Gasteiger partial charge in [0.25, 0.3) is 0 Å². The van der Waals surface area contributed by atoms with Crippen LogP contribution in [0.1, 0.15) is 35.7 Å². The van der Waals surface area contributed by atoms with Gasteiger partial charge in [-0.1, -0.05) is 12.1 Å². The Hall–Kier alpha value is -2.55. The summed E-state index contributed by atoms with van der Waals surface area (Å²) >= 11 is 0. The van der Waals surface area contributed by atoms with Crippen LogP contribution in [0.25, 0.3) is 0 Å². The van der Waals surface area contributed by atoms with E-state index < -0.39 is 5.97 Å². The van der Waals surface area contributed by atoms with Gasteiger partial charge in [-0.05, 0) is 37.5 Å². The SMILES string of the molecule is CC1(C#N)CCN(C(=O)NCc2ccc(C(=O)O)cc2)CC1. The van der Waals surface area contributed by atoms with Crippen LogP contribution < -0.4 is 5.32 Å². The minimum Gasteiger partial charge on any atom is -0.478 e. The van der Waals surface area contributed by atoms with Gasteiger partial charge in [0.1, 0.15) is 0 Å². The van der Waals surface area contributed by atoms with Crippen LogP contribution in [0, 0.1) is 16.7 Å². The zero-order chi connectivity index (χ0) is 16.2. The molecular weight excluding hydrogens is 282 g/mol. The number of benzene rings is 1. The fourth-order valence-corrected chi connectivity index (χ4v) is 2.37. The van der Waals surface area contributed by atoms with Crippen LogP contribution in [0.15, 0.2) is 24.3 Å². The summed E-state index contributed by atoms with van der Waals surface area (Å²) in [4.78, 5) is 24.6. The molecule has 2 amide bonds. The second kappa shape index (κ2) is 6.48. The normalized spacial score (nSPS) is 16.6. The molecule has 0 saturated carbocycles. The lowest BCUT2D eigenvalue weighted by atomic mass is 9.82. The number of carbonyl (C=O) groups excluding carboxylic acids is 1. The van der Waals surface area contributed by atoms with Gasteiger partial charge in [-0.25, -0.2) is 9.59 Å². The van der Waals surface area contributed by atoms with E-state index in [0.717, 1.165) is 5.56 Å². The summed E-state index contributed by atoms with van der Waals surface area (Å²) in [5.74, 6) is -0.968. The minimum atomic E-state index is -0.968. The molecule has 1 aliphatic rings. The Kier molecular flexibility index (Phi) is 4.66. The fourth-order valence-electron chi connectivity index (χ4n) is 2.37. The van der Waals surface area contributed by atoms with Crippen molar-refractivity contribution in [2.24, 2.45) is 5.41 Å². The van der Waals surface area contributed by atoms with Crippen molar-refractivity contribution in [2.75, 3.05) is 13.1 Å².